The zero-order valence-electron chi connectivity index (χ0n) is 10.5. The summed E-state index contributed by atoms with van der Waals surface area (Å²) in [7, 11) is 3.34. The van der Waals surface area contributed by atoms with Crippen molar-refractivity contribution in [2.45, 2.75) is 19.8 Å². The molecule has 16 heavy (non-hydrogen) atoms. The Morgan fingerprint density at radius 3 is 2.31 bits per heavy atom. The molecule has 0 bridgehead atoms. The van der Waals surface area contributed by atoms with Crippen LogP contribution >= 0.6 is 0 Å². The lowest BCUT2D eigenvalue weighted by Gasteiger charge is -2.22. The summed E-state index contributed by atoms with van der Waals surface area (Å²) in [4.78, 5) is 0. The van der Waals surface area contributed by atoms with E-state index in [2.05, 4.69) is 13.8 Å². The summed E-state index contributed by atoms with van der Waals surface area (Å²) in [6, 6.07) is 5.84. The fourth-order valence-corrected chi connectivity index (χ4v) is 1.89. The van der Waals surface area contributed by atoms with Crippen LogP contribution in [-0.2, 0) is 0 Å². The third kappa shape index (κ3) is 2.67. The lowest BCUT2D eigenvalue weighted by Crippen LogP contribution is -2.18. The predicted octanol–water partition coefficient (Wildman–Crippen LogP) is 2.40. The van der Waals surface area contributed by atoms with Gasteiger partial charge in [-0.1, -0.05) is 13.8 Å². The largest absolute Gasteiger partial charge is 0.497 e. The van der Waals surface area contributed by atoms with Gasteiger partial charge in [-0.05, 0) is 30.7 Å². The van der Waals surface area contributed by atoms with Crippen molar-refractivity contribution in [2.24, 2.45) is 11.7 Å². The summed E-state index contributed by atoms with van der Waals surface area (Å²) in [6.45, 7) is 4.94. The second-order valence-corrected chi connectivity index (χ2v) is 4.19. The maximum Gasteiger partial charge on any atom is 0.122 e. The standard InChI is InChI=1S/C13H21NO2/c1-9(2)12(8-14)11-7-10(15-3)5-6-13(11)16-4/h5-7,9,12H,8,14H2,1-4H3. The van der Waals surface area contributed by atoms with E-state index in [4.69, 9.17) is 15.2 Å². The maximum atomic E-state index is 5.82. The van der Waals surface area contributed by atoms with E-state index in [9.17, 15) is 0 Å². The van der Waals surface area contributed by atoms with Crippen molar-refractivity contribution >= 4 is 0 Å². The van der Waals surface area contributed by atoms with Crippen molar-refractivity contribution < 1.29 is 9.47 Å². The molecule has 1 rings (SSSR count). The number of nitrogens with two attached hydrogens (primary N) is 1. The minimum Gasteiger partial charge on any atom is -0.497 e. The topological polar surface area (TPSA) is 44.5 Å². The molecule has 0 saturated heterocycles. The minimum atomic E-state index is 0.296. The summed E-state index contributed by atoms with van der Waals surface area (Å²) in [5.41, 5.74) is 6.95. The molecule has 1 aromatic rings. The van der Waals surface area contributed by atoms with Crippen LogP contribution in [0.2, 0.25) is 0 Å². The highest BCUT2D eigenvalue weighted by atomic mass is 16.5. The van der Waals surface area contributed by atoms with Crippen molar-refractivity contribution in [1.82, 2.24) is 0 Å². The Hall–Kier alpha value is -1.22. The molecule has 0 aromatic heterocycles. The van der Waals surface area contributed by atoms with Gasteiger partial charge in [0.05, 0.1) is 14.2 Å². The second-order valence-electron chi connectivity index (χ2n) is 4.19. The summed E-state index contributed by atoms with van der Waals surface area (Å²) in [5, 5.41) is 0. The normalized spacial score (nSPS) is 12.6. The van der Waals surface area contributed by atoms with Crippen LogP contribution in [0.3, 0.4) is 0 Å². The quantitative estimate of drug-likeness (QED) is 0.833. The molecule has 0 radical (unpaired) electrons. The molecule has 0 aliphatic heterocycles. The van der Waals surface area contributed by atoms with Gasteiger partial charge < -0.3 is 15.2 Å². The van der Waals surface area contributed by atoms with E-state index in [1.165, 1.54) is 0 Å². The average molecular weight is 223 g/mol. The van der Waals surface area contributed by atoms with Crippen LogP contribution in [0.1, 0.15) is 25.3 Å². The molecular formula is C13H21NO2. The summed E-state index contributed by atoms with van der Waals surface area (Å²) >= 11 is 0. The Morgan fingerprint density at radius 2 is 1.88 bits per heavy atom. The van der Waals surface area contributed by atoms with Crippen molar-refractivity contribution in [1.29, 1.82) is 0 Å². The first-order chi connectivity index (χ1) is 7.63. The van der Waals surface area contributed by atoms with Crippen LogP contribution in [-0.4, -0.2) is 20.8 Å². The minimum absolute atomic E-state index is 0.296. The zero-order valence-corrected chi connectivity index (χ0v) is 10.5. The van der Waals surface area contributed by atoms with Gasteiger partial charge in [-0.25, -0.2) is 0 Å². The monoisotopic (exact) mass is 223 g/mol. The fraction of sp³-hybridized carbons (Fsp3) is 0.538. The van der Waals surface area contributed by atoms with Crippen LogP contribution in [0, 0.1) is 5.92 Å². The van der Waals surface area contributed by atoms with Gasteiger partial charge >= 0.3 is 0 Å². The number of hydrogen-bond acceptors (Lipinski definition) is 3. The van der Waals surface area contributed by atoms with Gasteiger partial charge in [0.1, 0.15) is 11.5 Å². The maximum absolute atomic E-state index is 5.82. The van der Waals surface area contributed by atoms with E-state index in [1.54, 1.807) is 14.2 Å². The number of rotatable bonds is 5. The Bertz CT molecular complexity index is 337. The lowest BCUT2D eigenvalue weighted by molar-refractivity contribution is 0.386. The Kier molecular flexibility index (Phi) is 4.62. The van der Waals surface area contributed by atoms with E-state index >= 15 is 0 Å². The van der Waals surface area contributed by atoms with E-state index < -0.39 is 0 Å². The zero-order chi connectivity index (χ0) is 12.1. The van der Waals surface area contributed by atoms with Crippen LogP contribution in [0.25, 0.3) is 0 Å². The molecule has 0 aliphatic carbocycles. The molecule has 1 aromatic carbocycles. The molecule has 0 fully saturated rings. The number of hydrogen-bond donors (Lipinski definition) is 1. The number of methoxy groups -OCH3 is 2. The van der Waals surface area contributed by atoms with Crippen molar-refractivity contribution in [2.75, 3.05) is 20.8 Å². The van der Waals surface area contributed by atoms with Crippen molar-refractivity contribution in [3.8, 4) is 11.5 Å². The van der Waals surface area contributed by atoms with Gasteiger partial charge in [0.15, 0.2) is 0 Å². The molecule has 0 saturated carbocycles. The van der Waals surface area contributed by atoms with E-state index in [0.717, 1.165) is 17.1 Å². The third-order valence-electron chi connectivity index (χ3n) is 2.90. The van der Waals surface area contributed by atoms with E-state index in [-0.39, 0.29) is 0 Å². The molecule has 90 valence electrons. The number of benzene rings is 1. The second kappa shape index (κ2) is 5.75. The first-order valence-electron chi connectivity index (χ1n) is 5.56. The van der Waals surface area contributed by atoms with Gasteiger partial charge in [0.25, 0.3) is 0 Å². The first-order valence-corrected chi connectivity index (χ1v) is 5.56. The average Bonchev–Trinajstić information content (AvgIpc) is 2.29. The van der Waals surface area contributed by atoms with E-state index in [1.807, 2.05) is 18.2 Å². The lowest BCUT2D eigenvalue weighted by atomic mass is 9.88. The smallest absolute Gasteiger partial charge is 0.122 e. The summed E-state index contributed by atoms with van der Waals surface area (Å²) in [6.07, 6.45) is 0. The first kappa shape index (κ1) is 12.8. The van der Waals surface area contributed by atoms with Crippen molar-refractivity contribution in [3.05, 3.63) is 23.8 Å². The predicted molar refractivity (Wildman–Crippen MR) is 66.2 cm³/mol. The van der Waals surface area contributed by atoms with Crippen LogP contribution in [0.15, 0.2) is 18.2 Å². The highest BCUT2D eigenvalue weighted by Crippen LogP contribution is 2.33. The molecule has 1 atom stereocenters. The van der Waals surface area contributed by atoms with Crippen LogP contribution in [0.5, 0.6) is 11.5 Å². The van der Waals surface area contributed by atoms with Crippen LogP contribution in [0.4, 0.5) is 0 Å². The highest BCUT2D eigenvalue weighted by molar-refractivity contribution is 5.42. The van der Waals surface area contributed by atoms with Gasteiger partial charge in [0.2, 0.25) is 0 Å². The Balaban J connectivity index is 3.15. The van der Waals surface area contributed by atoms with Gasteiger partial charge in [0, 0.05) is 11.5 Å². The molecule has 0 heterocycles. The van der Waals surface area contributed by atoms with Gasteiger partial charge in [-0.15, -0.1) is 0 Å². The molecule has 3 nitrogen and oxygen atoms in total. The summed E-state index contributed by atoms with van der Waals surface area (Å²) < 4.78 is 10.6. The Labute approximate surface area is 97.6 Å². The Morgan fingerprint density at radius 1 is 1.19 bits per heavy atom. The molecule has 0 amide bonds. The van der Waals surface area contributed by atoms with Crippen molar-refractivity contribution in [3.63, 3.8) is 0 Å². The third-order valence-corrected chi connectivity index (χ3v) is 2.90. The molecule has 3 heteroatoms. The summed E-state index contributed by atoms with van der Waals surface area (Å²) in [5.74, 6) is 2.50. The molecule has 0 spiro atoms. The number of ether oxygens (including phenoxy) is 2. The molecule has 1 unspecified atom stereocenters. The van der Waals surface area contributed by atoms with Crippen LogP contribution < -0.4 is 15.2 Å². The highest BCUT2D eigenvalue weighted by Gasteiger charge is 2.18. The SMILES string of the molecule is COc1ccc(OC)c(C(CN)C(C)C)c1. The molecular weight excluding hydrogens is 202 g/mol. The molecule has 0 aliphatic rings. The fourth-order valence-electron chi connectivity index (χ4n) is 1.89. The molecule has 2 N–H and O–H groups in total. The van der Waals surface area contributed by atoms with Gasteiger partial charge in [-0.2, -0.15) is 0 Å². The van der Waals surface area contributed by atoms with E-state index in [0.29, 0.717) is 18.4 Å². The van der Waals surface area contributed by atoms with Gasteiger partial charge in [-0.3, -0.25) is 0 Å².